The molecule has 0 spiro atoms. The van der Waals surface area contributed by atoms with Crippen LogP contribution in [0.3, 0.4) is 0 Å². The third-order valence-corrected chi connectivity index (χ3v) is 10.7. The number of nitriles is 2. The van der Waals surface area contributed by atoms with E-state index in [0.29, 0.717) is 48.6 Å². The Morgan fingerprint density at radius 1 is 0.594 bits per heavy atom. The van der Waals surface area contributed by atoms with Crippen molar-refractivity contribution < 1.29 is 9.47 Å². The second kappa shape index (κ2) is 22.9. The topological polar surface area (TPSA) is 216 Å². The van der Waals surface area contributed by atoms with Gasteiger partial charge in [-0.2, -0.15) is 10.5 Å². The monoisotopic (exact) mass is 854 g/mol. The molecule has 8 N–H and O–H groups in total. The largest absolute Gasteiger partial charge is 0.487 e. The zero-order chi connectivity index (χ0) is 46.2. The molecule has 0 aliphatic carbocycles. The van der Waals surface area contributed by atoms with E-state index in [1.807, 2.05) is 92.7 Å². The van der Waals surface area contributed by atoms with Crippen molar-refractivity contribution in [2.45, 2.75) is 93.5 Å². The summed E-state index contributed by atoms with van der Waals surface area (Å²) in [6.45, 7) is 14.4. The van der Waals surface area contributed by atoms with Crippen LogP contribution in [-0.4, -0.2) is 21.6 Å². The molecular formula is C52H58N10O2. The fraction of sp³-hybridized carbons (Fsp3) is 0.269. The standard InChI is InChI=1S/C26H32N6O.C26H26N4O/c1-4-6-23-22(14-31-21-11-9-19(10-12-21)25(27)28)16(2)24(17(3)32-23)33-15-18-7-5-8-20(13-18)26(29)30;1-4-6-25-24(16-29-23-11-9-20(14-27)10-12-23)18(2)26(19(3)30-25)31-17-22-8-5-7-21(13-22)15-28/h5,7-13,31H,4,6,14-15H2,1-3H3,(H3,27,28)(H3,29,30);5,7-13,29H,4,6,16-17H2,1-3H3. The summed E-state index contributed by atoms with van der Waals surface area (Å²) in [5.74, 6) is 1.67. The number of nitrogen functional groups attached to an aromatic ring is 2. The lowest BCUT2D eigenvalue weighted by Crippen LogP contribution is -2.13. The molecule has 0 saturated carbocycles. The Hall–Kier alpha value is -7.70. The van der Waals surface area contributed by atoms with Gasteiger partial charge < -0.3 is 31.6 Å². The summed E-state index contributed by atoms with van der Waals surface area (Å²) in [5, 5.41) is 40.2. The van der Waals surface area contributed by atoms with Crippen LogP contribution in [0.15, 0.2) is 97.1 Å². The molecule has 4 aromatic carbocycles. The van der Waals surface area contributed by atoms with Crippen molar-refractivity contribution in [3.05, 3.63) is 175 Å². The van der Waals surface area contributed by atoms with Gasteiger partial charge in [0, 0.05) is 47.0 Å². The first-order valence-corrected chi connectivity index (χ1v) is 21.4. The average molecular weight is 855 g/mol. The molecule has 6 rings (SSSR count). The van der Waals surface area contributed by atoms with Crippen molar-refractivity contribution in [3.8, 4) is 23.6 Å². The van der Waals surface area contributed by atoms with Gasteiger partial charge >= 0.3 is 0 Å². The van der Waals surface area contributed by atoms with E-state index >= 15 is 0 Å². The number of nitrogens with zero attached hydrogens (tertiary/aromatic N) is 4. The fourth-order valence-corrected chi connectivity index (χ4v) is 7.35. The van der Waals surface area contributed by atoms with E-state index in [1.165, 1.54) is 0 Å². The maximum Gasteiger partial charge on any atom is 0.144 e. The predicted molar refractivity (Wildman–Crippen MR) is 256 cm³/mol. The Morgan fingerprint density at radius 3 is 1.50 bits per heavy atom. The second-order valence-corrected chi connectivity index (χ2v) is 15.5. The van der Waals surface area contributed by atoms with E-state index in [1.54, 1.807) is 18.2 Å². The number of ether oxygens (including phenoxy) is 2. The first kappa shape index (κ1) is 47.4. The molecule has 328 valence electrons. The van der Waals surface area contributed by atoms with E-state index in [9.17, 15) is 0 Å². The lowest BCUT2D eigenvalue weighted by Gasteiger charge is -2.19. The molecule has 12 heteroatoms. The van der Waals surface area contributed by atoms with Crippen LogP contribution in [-0.2, 0) is 39.1 Å². The summed E-state index contributed by atoms with van der Waals surface area (Å²) >= 11 is 0. The molecule has 0 aliphatic rings. The summed E-state index contributed by atoms with van der Waals surface area (Å²) in [7, 11) is 0. The van der Waals surface area contributed by atoms with Gasteiger partial charge in [-0.25, -0.2) is 0 Å². The highest BCUT2D eigenvalue weighted by Crippen LogP contribution is 2.31. The number of nitrogens with two attached hydrogens (primary N) is 2. The molecule has 0 bridgehead atoms. The second-order valence-electron chi connectivity index (χ2n) is 15.5. The average Bonchev–Trinajstić information content (AvgIpc) is 3.29. The molecule has 6 aromatic rings. The summed E-state index contributed by atoms with van der Waals surface area (Å²) < 4.78 is 12.4. The minimum absolute atomic E-state index is 0.0412. The number of hydrogen-bond acceptors (Lipinski definition) is 10. The van der Waals surface area contributed by atoms with Gasteiger partial charge in [-0.1, -0.05) is 57.0 Å². The van der Waals surface area contributed by atoms with Gasteiger partial charge in [0.1, 0.15) is 36.4 Å². The Balaban J connectivity index is 0.000000241. The van der Waals surface area contributed by atoms with Gasteiger partial charge in [0.25, 0.3) is 0 Å². The number of pyridine rings is 2. The smallest absolute Gasteiger partial charge is 0.144 e. The van der Waals surface area contributed by atoms with Crippen LogP contribution < -0.4 is 31.6 Å². The molecule has 0 unspecified atom stereocenters. The normalized spacial score (nSPS) is 10.4. The predicted octanol–water partition coefficient (Wildman–Crippen LogP) is 10.00. The Labute approximate surface area is 377 Å². The summed E-state index contributed by atoms with van der Waals surface area (Å²) in [5.41, 5.74) is 25.9. The van der Waals surface area contributed by atoms with Crippen LogP contribution in [0, 0.1) is 61.2 Å². The molecular weight excluding hydrogens is 797 g/mol. The van der Waals surface area contributed by atoms with Gasteiger partial charge in [0.15, 0.2) is 0 Å². The molecule has 12 nitrogen and oxygen atoms in total. The minimum Gasteiger partial charge on any atom is -0.487 e. The number of rotatable bonds is 18. The van der Waals surface area contributed by atoms with Crippen LogP contribution in [0.25, 0.3) is 0 Å². The molecule has 0 aliphatic heterocycles. The van der Waals surface area contributed by atoms with Gasteiger partial charge in [-0.05, 0) is 141 Å². The molecule has 2 heterocycles. The van der Waals surface area contributed by atoms with Crippen LogP contribution in [0.2, 0.25) is 0 Å². The van der Waals surface area contributed by atoms with E-state index in [4.69, 9.17) is 52.3 Å². The van der Waals surface area contributed by atoms with Gasteiger partial charge in [0.05, 0.1) is 34.7 Å². The number of nitrogens with one attached hydrogen (secondary N) is 4. The van der Waals surface area contributed by atoms with Crippen molar-refractivity contribution in [2.24, 2.45) is 11.5 Å². The number of amidine groups is 2. The molecule has 0 atom stereocenters. The summed E-state index contributed by atoms with van der Waals surface area (Å²) in [6.07, 6.45) is 3.81. The molecule has 2 aromatic heterocycles. The number of benzene rings is 4. The van der Waals surface area contributed by atoms with Gasteiger partial charge in [-0.15, -0.1) is 0 Å². The third-order valence-electron chi connectivity index (χ3n) is 10.7. The SMILES string of the molecule is CCCc1nc(C)c(OCc2cccc(C#N)c2)c(C)c1CNc1ccc(C#N)cc1.CCCc1nc(C)c(OCc2cccc(C(=N)N)c2)c(C)c1CNc1ccc(C(=N)N)cc1. The van der Waals surface area contributed by atoms with Crippen molar-refractivity contribution >= 4 is 23.0 Å². The highest BCUT2D eigenvalue weighted by Gasteiger charge is 2.18. The molecule has 0 fully saturated rings. The minimum atomic E-state index is 0.0412. The maximum absolute atomic E-state index is 9.11. The summed E-state index contributed by atoms with van der Waals surface area (Å²) in [6, 6.07) is 34.2. The first-order valence-electron chi connectivity index (χ1n) is 21.4. The van der Waals surface area contributed by atoms with E-state index in [0.717, 1.165) is 105 Å². The van der Waals surface area contributed by atoms with Crippen molar-refractivity contribution in [1.29, 1.82) is 21.3 Å². The van der Waals surface area contributed by atoms with Crippen LogP contribution in [0.1, 0.15) is 105 Å². The molecule has 64 heavy (non-hydrogen) atoms. The molecule has 0 amide bonds. The summed E-state index contributed by atoms with van der Waals surface area (Å²) in [4.78, 5) is 9.72. The lowest BCUT2D eigenvalue weighted by molar-refractivity contribution is 0.299. The third kappa shape index (κ3) is 12.7. The zero-order valence-corrected chi connectivity index (χ0v) is 37.7. The zero-order valence-electron chi connectivity index (χ0n) is 37.7. The van der Waals surface area contributed by atoms with E-state index in [2.05, 4.69) is 50.5 Å². The number of aromatic nitrogens is 2. The fourth-order valence-electron chi connectivity index (χ4n) is 7.35. The maximum atomic E-state index is 9.11. The van der Waals surface area contributed by atoms with E-state index in [-0.39, 0.29) is 11.7 Å². The van der Waals surface area contributed by atoms with Gasteiger partial charge in [0.2, 0.25) is 0 Å². The first-order chi connectivity index (χ1) is 30.8. The number of anilines is 2. The molecule has 0 radical (unpaired) electrons. The molecule has 0 saturated heterocycles. The highest BCUT2D eigenvalue weighted by atomic mass is 16.5. The van der Waals surface area contributed by atoms with Crippen LogP contribution >= 0.6 is 0 Å². The number of hydrogen-bond donors (Lipinski definition) is 6. The highest BCUT2D eigenvalue weighted by molar-refractivity contribution is 5.95. The van der Waals surface area contributed by atoms with Crippen LogP contribution in [0.4, 0.5) is 11.4 Å². The van der Waals surface area contributed by atoms with E-state index < -0.39 is 0 Å². The van der Waals surface area contributed by atoms with Crippen molar-refractivity contribution in [1.82, 2.24) is 9.97 Å². The lowest BCUT2D eigenvalue weighted by atomic mass is 10.0. The number of aryl methyl sites for hydroxylation is 4. The quantitative estimate of drug-likeness (QED) is 0.0355. The van der Waals surface area contributed by atoms with Gasteiger partial charge in [-0.3, -0.25) is 20.8 Å². The van der Waals surface area contributed by atoms with Crippen molar-refractivity contribution in [3.63, 3.8) is 0 Å². The van der Waals surface area contributed by atoms with Crippen LogP contribution in [0.5, 0.6) is 11.5 Å². The Morgan fingerprint density at radius 2 is 1.05 bits per heavy atom. The Bertz CT molecular complexity index is 2660. The Kier molecular flexibility index (Phi) is 17.0. The van der Waals surface area contributed by atoms with Crippen molar-refractivity contribution in [2.75, 3.05) is 10.6 Å².